The average Bonchev–Trinajstić information content (AvgIpc) is 2.92. The molecule has 0 bridgehead atoms. The Balaban J connectivity index is 2.02. The fourth-order valence-electron chi connectivity index (χ4n) is 2.24. The van der Waals surface area contributed by atoms with Gasteiger partial charge in [-0.25, -0.2) is 0 Å². The third kappa shape index (κ3) is 4.37. The Bertz CT molecular complexity index is 556. The number of rotatable bonds is 7. The Morgan fingerprint density at radius 1 is 1.24 bits per heavy atom. The third-order valence-corrected chi connectivity index (χ3v) is 4.80. The van der Waals surface area contributed by atoms with Crippen molar-refractivity contribution in [1.82, 2.24) is 0 Å². The molecule has 0 saturated heterocycles. The normalized spacial score (nSPS) is 12.2. The van der Waals surface area contributed by atoms with E-state index in [-0.39, 0.29) is 12.6 Å². The molecule has 114 valence electrons. The maximum Gasteiger partial charge on any atom is 0.0932 e. The molecule has 0 aliphatic carbocycles. The molecule has 2 aromatic rings. The summed E-state index contributed by atoms with van der Waals surface area (Å²) in [6.07, 6.45) is 0. The number of thiophene rings is 1. The van der Waals surface area contributed by atoms with Gasteiger partial charge in [0.15, 0.2) is 0 Å². The zero-order valence-electron chi connectivity index (χ0n) is 12.3. The zero-order chi connectivity index (χ0) is 15.2. The molecule has 0 amide bonds. The average molecular weight is 325 g/mol. The van der Waals surface area contributed by atoms with E-state index in [9.17, 15) is 0 Å². The second kappa shape index (κ2) is 7.69. The number of nitrogens with one attached hydrogen (secondary N) is 1. The van der Waals surface area contributed by atoms with Crippen LogP contribution in [-0.4, -0.2) is 24.8 Å². The van der Waals surface area contributed by atoms with Gasteiger partial charge in [0.05, 0.1) is 17.0 Å². The standard InChI is InChI=1S/C16H21ClN2OS/c1-3-19(10-11-20)14-6-4-13(5-7-14)18-12(2)15-8-9-16(17)21-15/h4-9,12,18,20H,3,10-11H2,1-2H3. The minimum Gasteiger partial charge on any atom is -0.395 e. The molecule has 1 heterocycles. The number of nitrogens with zero attached hydrogens (tertiary/aromatic N) is 1. The number of benzene rings is 1. The predicted molar refractivity (Wildman–Crippen MR) is 92.8 cm³/mol. The fraction of sp³-hybridized carbons (Fsp3) is 0.375. The number of anilines is 2. The van der Waals surface area contributed by atoms with E-state index in [1.807, 2.05) is 6.07 Å². The number of hydrogen-bond acceptors (Lipinski definition) is 4. The van der Waals surface area contributed by atoms with Crippen LogP contribution in [0, 0.1) is 0 Å². The maximum atomic E-state index is 9.07. The highest BCUT2D eigenvalue weighted by atomic mass is 35.5. The van der Waals surface area contributed by atoms with Gasteiger partial charge in [0.1, 0.15) is 0 Å². The molecule has 1 aromatic carbocycles. The quantitative estimate of drug-likeness (QED) is 0.792. The molecule has 0 spiro atoms. The molecule has 0 fully saturated rings. The van der Waals surface area contributed by atoms with Crippen LogP contribution in [-0.2, 0) is 0 Å². The van der Waals surface area contributed by atoms with E-state index in [1.54, 1.807) is 11.3 Å². The largest absolute Gasteiger partial charge is 0.395 e. The van der Waals surface area contributed by atoms with Crippen LogP contribution in [0.1, 0.15) is 24.8 Å². The zero-order valence-corrected chi connectivity index (χ0v) is 13.9. The van der Waals surface area contributed by atoms with E-state index in [0.717, 1.165) is 22.3 Å². The summed E-state index contributed by atoms with van der Waals surface area (Å²) >= 11 is 7.57. The lowest BCUT2D eigenvalue weighted by Gasteiger charge is -2.22. The van der Waals surface area contributed by atoms with Gasteiger partial charge < -0.3 is 15.3 Å². The van der Waals surface area contributed by atoms with Gasteiger partial charge in [-0.3, -0.25) is 0 Å². The van der Waals surface area contributed by atoms with E-state index in [2.05, 4.69) is 54.4 Å². The summed E-state index contributed by atoms with van der Waals surface area (Å²) in [6.45, 7) is 5.93. The number of aliphatic hydroxyl groups excluding tert-OH is 1. The molecule has 3 nitrogen and oxygen atoms in total. The van der Waals surface area contributed by atoms with Crippen LogP contribution in [0.15, 0.2) is 36.4 Å². The van der Waals surface area contributed by atoms with E-state index < -0.39 is 0 Å². The molecule has 0 aliphatic rings. The molecule has 21 heavy (non-hydrogen) atoms. The van der Waals surface area contributed by atoms with Crippen molar-refractivity contribution in [3.63, 3.8) is 0 Å². The summed E-state index contributed by atoms with van der Waals surface area (Å²) in [5.74, 6) is 0. The van der Waals surface area contributed by atoms with Crippen molar-refractivity contribution in [2.45, 2.75) is 19.9 Å². The first-order chi connectivity index (χ1) is 10.1. The second-order valence-corrected chi connectivity index (χ2v) is 6.60. The minimum absolute atomic E-state index is 0.171. The smallest absolute Gasteiger partial charge is 0.0932 e. The van der Waals surface area contributed by atoms with Crippen molar-refractivity contribution < 1.29 is 5.11 Å². The minimum atomic E-state index is 0.171. The lowest BCUT2D eigenvalue weighted by atomic mass is 10.2. The Morgan fingerprint density at radius 2 is 1.95 bits per heavy atom. The summed E-state index contributed by atoms with van der Waals surface area (Å²) in [6, 6.07) is 12.5. The number of aliphatic hydroxyl groups is 1. The van der Waals surface area contributed by atoms with Crippen LogP contribution >= 0.6 is 22.9 Å². The van der Waals surface area contributed by atoms with Crippen LogP contribution in [0.4, 0.5) is 11.4 Å². The van der Waals surface area contributed by atoms with Gasteiger partial charge in [-0.15, -0.1) is 11.3 Å². The van der Waals surface area contributed by atoms with Gasteiger partial charge in [-0.05, 0) is 50.2 Å². The molecular formula is C16H21ClN2OS. The van der Waals surface area contributed by atoms with Gasteiger partial charge in [-0.1, -0.05) is 11.6 Å². The molecule has 0 aliphatic heterocycles. The van der Waals surface area contributed by atoms with Gasteiger partial charge in [0, 0.05) is 29.3 Å². The van der Waals surface area contributed by atoms with Crippen molar-refractivity contribution >= 4 is 34.3 Å². The van der Waals surface area contributed by atoms with Gasteiger partial charge >= 0.3 is 0 Å². The molecular weight excluding hydrogens is 304 g/mol. The van der Waals surface area contributed by atoms with Crippen molar-refractivity contribution in [2.75, 3.05) is 29.9 Å². The van der Waals surface area contributed by atoms with Gasteiger partial charge in [-0.2, -0.15) is 0 Å². The van der Waals surface area contributed by atoms with Crippen LogP contribution in [0.3, 0.4) is 0 Å². The first-order valence-electron chi connectivity index (χ1n) is 7.11. The van der Waals surface area contributed by atoms with Gasteiger partial charge in [0.25, 0.3) is 0 Å². The molecule has 1 atom stereocenters. The second-order valence-electron chi connectivity index (χ2n) is 4.86. The van der Waals surface area contributed by atoms with Crippen molar-refractivity contribution in [2.24, 2.45) is 0 Å². The predicted octanol–water partition coefficient (Wildman–Crippen LogP) is 4.39. The monoisotopic (exact) mass is 324 g/mol. The molecule has 1 aromatic heterocycles. The summed E-state index contributed by atoms with van der Waals surface area (Å²) in [7, 11) is 0. The number of likely N-dealkylation sites (N-methyl/N-ethyl adjacent to an activating group) is 1. The first-order valence-corrected chi connectivity index (χ1v) is 8.31. The summed E-state index contributed by atoms with van der Waals surface area (Å²) < 4.78 is 0.816. The Hall–Kier alpha value is -1.23. The highest BCUT2D eigenvalue weighted by molar-refractivity contribution is 7.16. The summed E-state index contributed by atoms with van der Waals surface area (Å²) in [4.78, 5) is 3.37. The molecule has 2 rings (SSSR count). The van der Waals surface area contributed by atoms with Crippen LogP contribution in [0.5, 0.6) is 0 Å². The number of hydrogen-bond donors (Lipinski definition) is 2. The van der Waals surface area contributed by atoms with E-state index in [4.69, 9.17) is 16.7 Å². The van der Waals surface area contributed by atoms with Gasteiger partial charge in [0.2, 0.25) is 0 Å². The Morgan fingerprint density at radius 3 is 2.48 bits per heavy atom. The molecule has 2 N–H and O–H groups in total. The maximum absolute atomic E-state index is 9.07. The Labute approximate surface area is 135 Å². The van der Waals surface area contributed by atoms with Crippen molar-refractivity contribution in [3.05, 3.63) is 45.6 Å². The number of halogens is 1. The molecule has 1 unspecified atom stereocenters. The highest BCUT2D eigenvalue weighted by Crippen LogP contribution is 2.29. The first kappa shape index (κ1) is 16.1. The lowest BCUT2D eigenvalue weighted by Crippen LogP contribution is -2.25. The molecule has 0 radical (unpaired) electrons. The van der Waals surface area contributed by atoms with E-state index in [0.29, 0.717) is 6.54 Å². The van der Waals surface area contributed by atoms with Crippen LogP contribution in [0.25, 0.3) is 0 Å². The lowest BCUT2D eigenvalue weighted by molar-refractivity contribution is 0.302. The summed E-state index contributed by atoms with van der Waals surface area (Å²) in [5, 5.41) is 12.5. The summed E-state index contributed by atoms with van der Waals surface area (Å²) in [5.41, 5.74) is 2.21. The van der Waals surface area contributed by atoms with E-state index in [1.165, 1.54) is 4.88 Å². The van der Waals surface area contributed by atoms with Crippen LogP contribution < -0.4 is 10.2 Å². The molecule has 0 saturated carbocycles. The van der Waals surface area contributed by atoms with E-state index >= 15 is 0 Å². The van der Waals surface area contributed by atoms with Crippen molar-refractivity contribution in [1.29, 1.82) is 0 Å². The van der Waals surface area contributed by atoms with Crippen molar-refractivity contribution in [3.8, 4) is 0 Å². The fourth-order valence-corrected chi connectivity index (χ4v) is 3.30. The topological polar surface area (TPSA) is 35.5 Å². The highest BCUT2D eigenvalue weighted by Gasteiger charge is 2.09. The molecule has 5 heteroatoms. The van der Waals surface area contributed by atoms with Crippen LogP contribution in [0.2, 0.25) is 4.34 Å². The third-order valence-electron chi connectivity index (χ3n) is 3.39. The SMILES string of the molecule is CCN(CCO)c1ccc(NC(C)c2ccc(Cl)s2)cc1. The Kier molecular flexibility index (Phi) is 5.91.